The van der Waals surface area contributed by atoms with Gasteiger partial charge in [-0.05, 0) is 42.2 Å². The van der Waals surface area contributed by atoms with E-state index in [-0.39, 0.29) is 11.8 Å². The van der Waals surface area contributed by atoms with Crippen molar-refractivity contribution in [2.75, 3.05) is 26.2 Å². The van der Waals surface area contributed by atoms with Gasteiger partial charge in [0.2, 0.25) is 5.91 Å². The largest absolute Gasteiger partial charge is 0.341 e. The van der Waals surface area contributed by atoms with Crippen LogP contribution in [0.2, 0.25) is 0 Å². The smallest absolute Gasteiger partial charge is 0.227 e. The van der Waals surface area contributed by atoms with Crippen LogP contribution in [-0.2, 0) is 17.8 Å². The van der Waals surface area contributed by atoms with Crippen LogP contribution in [0.5, 0.6) is 0 Å². The maximum Gasteiger partial charge on any atom is 0.227 e. The molecule has 3 aromatic rings. The summed E-state index contributed by atoms with van der Waals surface area (Å²) in [7, 11) is 0. The normalized spacial score (nSPS) is 17.4. The lowest BCUT2D eigenvalue weighted by molar-refractivity contribution is -0.134. The van der Waals surface area contributed by atoms with Crippen LogP contribution in [0.15, 0.2) is 61.2 Å². The molecule has 0 radical (unpaired) electrons. The number of amides is 1. The number of aromatic nitrogens is 3. The van der Waals surface area contributed by atoms with Crippen LogP contribution in [0.3, 0.4) is 0 Å². The van der Waals surface area contributed by atoms with E-state index in [1.165, 1.54) is 11.1 Å². The minimum absolute atomic E-state index is 0.0914. The highest BCUT2D eigenvalue weighted by Gasteiger charge is 2.30. The highest BCUT2D eigenvalue weighted by Crippen LogP contribution is 2.27. The van der Waals surface area contributed by atoms with Crippen molar-refractivity contribution in [3.8, 4) is 11.1 Å². The van der Waals surface area contributed by atoms with Crippen molar-refractivity contribution in [2.45, 2.75) is 39.7 Å². The van der Waals surface area contributed by atoms with E-state index in [4.69, 9.17) is 0 Å². The second-order valence-corrected chi connectivity index (χ2v) is 9.05. The molecule has 33 heavy (non-hydrogen) atoms. The predicted octanol–water partition coefficient (Wildman–Crippen LogP) is 4.19. The number of hydrogen-bond acceptors (Lipinski definition) is 5. The summed E-state index contributed by atoms with van der Waals surface area (Å²) < 4.78 is 0. The Balaban J connectivity index is 1.55. The van der Waals surface area contributed by atoms with Gasteiger partial charge >= 0.3 is 0 Å². The standard InChI is InChI=1S/C27H33N5O/c1-4-32-14-13-31(18-21-16-29-26(20(2)3)30-17-21)19-24(27(32)33)15-23-7-5-6-8-25(23)22-9-11-28-12-10-22/h5-12,16-17,20,24H,4,13-15,18-19H2,1-3H3/t24-/m0/s1. The topological polar surface area (TPSA) is 62.2 Å². The molecule has 1 atom stereocenters. The average Bonchev–Trinajstić information content (AvgIpc) is 2.98. The summed E-state index contributed by atoms with van der Waals surface area (Å²) in [5, 5.41) is 0. The summed E-state index contributed by atoms with van der Waals surface area (Å²) in [5.41, 5.74) is 4.59. The van der Waals surface area contributed by atoms with Gasteiger partial charge in [-0.1, -0.05) is 38.1 Å². The van der Waals surface area contributed by atoms with E-state index in [0.29, 0.717) is 12.3 Å². The van der Waals surface area contributed by atoms with Gasteiger partial charge in [0, 0.05) is 69.0 Å². The molecular weight excluding hydrogens is 410 g/mol. The second kappa shape index (κ2) is 10.7. The maximum absolute atomic E-state index is 13.4. The van der Waals surface area contributed by atoms with Crippen molar-refractivity contribution in [3.05, 3.63) is 78.1 Å². The molecule has 0 aliphatic carbocycles. The zero-order valence-electron chi connectivity index (χ0n) is 19.8. The number of benzene rings is 1. The Labute approximate surface area is 196 Å². The lowest BCUT2D eigenvalue weighted by Crippen LogP contribution is -2.37. The molecule has 4 rings (SSSR count). The lowest BCUT2D eigenvalue weighted by Gasteiger charge is -2.24. The molecule has 1 amide bonds. The first kappa shape index (κ1) is 23.1. The third kappa shape index (κ3) is 5.63. The third-order valence-electron chi connectivity index (χ3n) is 6.33. The zero-order chi connectivity index (χ0) is 23.2. The van der Waals surface area contributed by atoms with Gasteiger partial charge in [-0.25, -0.2) is 9.97 Å². The molecular formula is C27H33N5O. The molecule has 1 fully saturated rings. The number of carbonyl (C=O) groups excluding carboxylic acids is 1. The summed E-state index contributed by atoms with van der Waals surface area (Å²) in [4.78, 5) is 31.0. The Morgan fingerprint density at radius 3 is 2.45 bits per heavy atom. The van der Waals surface area contributed by atoms with E-state index < -0.39 is 0 Å². The zero-order valence-corrected chi connectivity index (χ0v) is 19.8. The number of nitrogens with zero attached hydrogens (tertiary/aromatic N) is 5. The van der Waals surface area contributed by atoms with Gasteiger partial charge in [-0.3, -0.25) is 14.7 Å². The van der Waals surface area contributed by atoms with Gasteiger partial charge in [0.25, 0.3) is 0 Å². The van der Waals surface area contributed by atoms with Crippen molar-refractivity contribution in [2.24, 2.45) is 5.92 Å². The number of hydrogen-bond donors (Lipinski definition) is 0. The van der Waals surface area contributed by atoms with Crippen LogP contribution in [0, 0.1) is 5.92 Å². The highest BCUT2D eigenvalue weighted by molar-refractivity contribution is 5.80. The molecule has 1 aliphatic heterocycles. The van der Waals surface area contributed by atoms with E-state index >= 15 is 0 Å². The number of rotatable bonds is 7. The summed E-state index contributed by atoms with van der Waals surface area (Å²) in [6.45, 7) is 10.1. The fourth-order valence-corrected chi connectivity index (χ4v) is 4.50. The number of carbonyl (C=O) groups is 1. The average molecular weight is 444 g/mol. The van der Waals surface area contributed by atoms with Gasteiger partial charge in [0.15, 0.2) is 0 Å². The Morgan fingerprint density at radius 2 is 1.76 bits per heavy atom. The number of likely N-dealkylation sites (N-methyl/N-ethyl adjacent to an activating group) is 1. The van der Waals surface area contributed by atoms with Gasteiger partial charge in [0.1, 0.15) is 5.82 Å². The van der Waals surface area contributed by atoms with E-state index in [1.807, 2.05) is 41.8 Å². The first-order chi connectivity index (χ1) is 16.0. The number of pyridine rings is 1. The van der Waals surface area contributed by atoms with Gasteiger partial charge in [-0.15, -0.1) is 0 Å². The highest BCUT2D eigenvalue weighted by atomic mass is 16.2. The molecule has 6 heteroatoms. The van der Waals surface area contributed by atoms with Crippen LogP contribution < -0.4 is 0 Å². The molecule has 1 aliphatic rings. The van der Waals surface area contributed by atoms with Crippen LogP contribution in [0.25, 0.3) is 11.1 Å². The lowest BCUT2D eigenvalue weighted by atomic mass is 9.91. The molecule has 0 N–H and O–H groups in total. The van der Waals surface area contributed by atoms with E-state index in [9.17, 15) is 4.79 Å². The molecule has 172 valence electrons. The molecule has 0 spiro atoms. The van der Waals surface area contributed by atoms with E-state index in [1.54, 1.807) is 0 Å². The minimum atomic E-state index is -0.0914. The monoisotopic (exact) mass is 443 g/mol. The first-order valence-electron chi connectivity index (χ1n) is 11.9. The van der Waals surface area contributed by atoms with E-state index in [0.717, 1.165) is 49.7 Å². The summed E-state index contributed by atoms with van der Waals surface area (Å²) in [6.07, 6.45) is 8.21. The van der Waals surface area contributed by atoms with Crippen molar-refractivity contribution < 1.29 is 4.79 Å². The van der Waals surface area contributed by atoms with E-state index in [2.05, 4.69) is 64.9 Å². The summed E-state index contributed by atoms with van der Waals surface area (Å²) in [6, 6.07) is 12.4. The minimum Gasteiger partial charge on any atom is -0.341 e. The Kier molecular flexibility index (Phi) is 7.45. The third-order valence-corrected chi connectivity index (χ3v) is 6.33. The van der Waals surface area contributed by atoms with Crippen molar-refractivity contribution in [1.82, 2.24) is 24.8 Å². The van der Waals surface area contributed by atoms with Crippen molar-refractivity contribution >= 4 is 5.91 Å². The molecule has 2 aromatic heterocycles. The molecule has 3 heterocycles. The summed E-state index contributed by atoms with van der Waals surface area (Å²) in [5.74, 6) is 1.34. The molecule has 0 saturated carbocycles. The fourth-order valence-electron chi connectivity index (χ4n) is 4.50. The van der Waals surface area contributed by atoms with Gasteiger partial charge in [-0.2, -0.15) is 0 Å². The summed E-state index contributed by atoms with van der Waals surface area (Å²) >= 11 is 0. The van der Waals surface area contributed by atoms with Crippen LogP contribution in [-0.4, -0.2) is 56.8 Å². The van der Waals surface area contributed by atoms with Gasteiger partial charge < -0.3 is 4.90 Å². The fraction of sp³-hybridized carbons (Fsp3) is 0.407. The first-order valence-corrected chi connectivity index (χ1v) is 11.9. The maximum atomic E-state index is 13.4. The van der Waals surface area contributed by atoms with Crippen LogP contribution in [0.4, 0.5) is 0 Å². The Bertz CT molecular complexity index is 1050. The Morgan fingerprint density at radius 1 is 1.03 bits per heavy atom. The molecule has 1 aromatic carbocycles. The van der Waals surface area contributed by atoms with Crippen molar-refractivity contribution in [1.29, 1.82) is 0 Å². The second-order valence-electron chi connectivity index (χ2n) is 9.05. The molecule has 6 nitrogen and oxygen atoms in total. The van der Waals surface area contributed by atoms with Crippen molar-refractivity contribution in [3.63, 3.8) is 0 Å². The van der Waals surface area contributed by atoms with Gasteiger partial charge in [0.05, 0.1) is 5.92 Å². The SMILES string of the molecule is CCN1CCN(Cc2cnc(C(C)C)nc2)C[C@H](Cc2ccccc2-c2ccncc2)C1=O. The molecule has 0 bridgehead atoms. The quantitative estimate of drug-likeness (QED) is 0.548. The molecule has 0 unspecified atom stereocenters. The molecule has 1 saturated heterocycles. The predicted molar refractivity (Wildman–Crippen MR) is 131 cm³/mol. The Hall–Kier alpha value is -3.12. The van der Waals surface area contributed by atoms with Crippen LogP contribution >= 0.6 is 0 Å². The van der Waals surface area contributed by atoms with Crippen LogP contribution in [0.1, 0.15) is 43.6 Å².